The lowest BCUT2D eigenvalue weighted by atomic mass is 9.75. The van der Waals surface area contributed by atoms with Gasteiger partial charge in [0, 0.05) is 5.56 Å². The number of carbonyl (C=O) groups excluding carboxylic acids is 1. The minimum absolute atomic E-state index is 0.0146. The summed E-state index contributed by atoms with van der Waals surface area (Å²) in [7, 11) is -1.25. The number of hydrogen-bond donors (Lipinski definition) is 0. The Balaban J connectivity index is 0.000000656. The first-order valence-electron chi connectivity index (χ1n) is 16.1. The summed E-state index contributed by atoms with van der Waals surface area (Å²) in [5.41, 5.74) is -5.10. The number of halogens is 6. The van der Waals surface area contributed by atoms with Crippen LogP contribution in [0.25, 0.3) is 0 Å². The lowest BCUT2D eigenvalue weighted by Gasteiger charge is -2.40. The van der Waals surface area contributed by atoms with E-state index < -0.39 is 44.5 Å². The van der Waals surface area contributed by atoms with E-state index in [1.807, 2.05) is 55.4 Å². The van der Waals surface area contributed by atoms with E-state index in [4.69, 9.17) is 9.47 Å². The first kappa shape index (κ1) is 41.4. The van der Waals surface area contributed by atoms with Gasteiger partial charge in [-0.2, -0.15) is 26.3 Å². The van der Waals surface area contributed by atoms with Crippen molar-refractivity contribution in [1.29, 1.82) is 0 Å². The third-order valence-electron chi connectivity index (χ3n) is 8.89. The van der Waals surface area contributed by atoms with E-state index in [-0.39, 0.29) is 35.1 Å². The van der Waals surface area contributed by atoms with Crippen LogP contribution >= 0.6 is 0 Å². The topological polar surface area (TPSA) is 44.8 Å². The molecule has 0 heterocycles. The summed E-state index contributed by atoms with van der Waals surface area (Å²) in [5, 5.41) is 0. The van der Waals surface area contributed by atoms with Crippen LogP contribution in [-0.4, -0.2) is 45.5 Å². The van der Waals surface area contributed by atoms with E-state index in [1.165, 1.54) is 12.1 Å². The molecule has 0 aliphatic heterocycles. The van der Waals surface area contributed by atoms with Crippen molar-refractivity contribution in [2.75, 3.05) is 13.0 Å². The Kier molecular flexibility index (Phi) is 15.2. The number of rotatable bonds is 12. The predicted molar refractivity (Wildman–Crippen MR) is 169 cm³/mol. The first-order valence-corrected chi connectivity index (χ1v) is 19.8. The lowest BCUT2D eigenvalue weighted by molar-refractivity contribution is -0.404. The summed E-state index contributed by atoms with van der Waals surface area (Å²) < 4.78 is 99.6. The van der Waals surface area contributed by atoms with Crippen LogP contribution in [0.4, 0.5) is 26.3 Å². The molecule has 0 amide bonds. The van der Waals surface area contributed by atoms with Gasteiger partial charge in [0.2, 0.25) is 0 Å². The Labute approximate surface area is 268 Å². The van der Waals surface area contributed by atoms with Crippen molar-refractivity contribution >= 4 is 14.0 Å². The van der Waals surface area contributed by atoms with E-state index in [0.29, 0.717) is 24.6 Å². The Morgan fingerprint density at radius 1 is 0.933 bits per heavy atom. The smallest absolute Gasteiger partial charge is 0.430 e. The summed E-state index contributed by atoms with van der Waals surface area (Å²) in [5.74, 6) is 0.516. The molecule has 45 heavy (non-hydrogen) atoms. The van der Waals surface area contributed by atoms with Gasteiger partial charge in [-0.1, -0.05) is 91.9 Å². The summed E-state index contributed by atoms with van der Waals surface area (Å²) in [4.78, 5) is 11.5. The highest BCUT2D eigenvalue weighted by Crippen LogP contribution is 2.53. The molecule has 1 aliphatic carbocycles. The minimum Gasteiger partial charge on any atom is -0.469 e. The van der Waals surface area contributed by atoms with Crippen LogP contribution in [0.3, 0.4) is 0 Å². The average Bonchev–Trinajstić information content (AvgIpc) is 2.92. The molecule has 0 radical (unpaired) electrons. The zero-order valence-electron chi connectivity index (χ0n) is 29.0. The predicted octanol–water partition coefficient (Wildman–Crippen LogP) is 10.8. The van der Waals surface area contributed by atoms with Crippen molar-refractivity contribution in [3.05, 3.63) is 35.4 Å². The van der Waals surface area contributed by atoms with Crippen LogP contribution < -0.4 is 0 Å². The van der Waals surface area contributed by atoms with Gasteiger partial charge < -0.3 is 14.2 Å². The lowest BCUT2D eigenvalue weighted by Crippen LogP contribution is -2.56. The Morgan fingerprint density at radius 3 is 1.89 bits per heavy atom. The second-order valence-corrected chi connectivity index (χ2v) is 20.2. The maximum Gasteiger partial charge on any atom is 0.430 e. The Morgan fingerprint density at radius 2 is 1.47 bits per heavy atom. The van der Waals surface area contributed by atoms with Crippen molar-refractivity contribution in [1.82, 2.24) is 0 Å². The fourth-order valence-electron chi connectivity index (χ4n) is 5.16. The molecule has 0 N–H and O–H groups in total. The molecule has 0 aromatic heterocycles. The van der Waals surface area contributed by atoms with Crippen LogP contribution in [0.1, 0.15) is 105 Å². The third-order valence-corrected chi connectivity index (χ3v) is 9.90. The summed E-state index contributed by atoms with van der Waals surface area (Å²) in [6.45, 7) is 21.1. The normalized spacial score (nSPS) is 20.8. The summed E-state index contributed by atoms with van der Waals surface area (Å²) in [6.07, 6.45) is -7.33. The monoisotopic (exact) mass is 670 g/mol. The Bertz CT molecular complexity index is 1020. The molecule has 4 unspecified atom stereocenters. The van der Waals surface area contributed by atoms with Crippen LogP contribution in [0.15, 0.2) is 24.3 Å². The van der Waals surface area contributed by atoms with E-state index in [0.717, 1.165) is 31.4 Å². The fourth-order valence-corrected chi connectivity index (χ4v) is 5.72. The van der Waals surface area contributed by atoms with Gasteiger partial charge in [-0.15, -0.1) is 0 Å². The van der Waals surface area contributed by atoms with Gasteiger partial charge >= 0.3 is 18.3 Å². The highest BCUT2D eigenvalue weighted by atomic mass is 28.3. The van der Waals surface area contributed by atoms with Crippen molar-refractivity contribution in [3.63, 3.8) is 0 Å². The zero-order valence-corrected chi connectivity index (χ0v) is 30.0. The average molecular weight is 671 g/mol. The van der Waals surface area contributed by atoms with Crippen LogP contribution in [0.5, 0.6) is 0 Å². The molecule has 262 valence electrons. The van der Waals surface area contributed by atoms with Gasteiger partial charge in [-0.25, -0.2) is 0 Å². The second-order valence-electron chi connectivity index (χ2n) is 14.8. The van der Waals surface area contributed by atoms with Crippen molar-refractivity contribution in [3.8, 4) is 0 Å². The number of hydrogen-bond acceptors (Lipinski definition) is 4. The number of esters is 1. The van der Waals surface area contributed by atoms with Gasteiger partial charge in [0.05, 0.1) is 25.8 Å². The van der Waals surface area contributed by atoms with Gasteiger partial charge in [0.1, 0.15) is 6.79 Å². The fraction of sp³-hybridized carbons (Fsp3) is 0.794. The molecule has 2 rings (SSSR count). The molecule has 1 fully saturated rings. The van der Waals surface area contributed by atoms with E-state index in [1.54, 1.807) is 0 Å². The highest BCUT2D eigenvalue weighted by molar-refractivity contribution is 6.76. The van der Waals surface area contributed by atoms with Gasteiger partial charge in [0.15, 0.2) is 0 Å². The molecule has 1 aliphatic rings. The van der Waals surface area contributed by atoms with Crippen molar-refractivity contribution < 1.29 is 45.3 Å². The number of ether oxygens (including phenoxy) is 3. The summed E-state index contributed by atoms with van der Waals surface area (Å²) >= 11 is 0. The summed E-state index contributed by atoms with van der Waals surface area (Å²) in [6, 6.07) is 4.33. The molecule has 0 spiro atoms. The van der Waals surface area contributed by atoms with Crippen LogP contribution in [0, 0.1) is 23.2 Å². The van der Waals surface area contributed by atoms with Gasteiger partial charge in [-0.05, 0) is 68.8 Å². The molecule has 4 nitrogen and oxygen atoms in total. The van der Waals surface area contributed by atoms with Gasteiger partial charge in [-0.3, -0.25) is 4.79 Å². The quantitative estimate of drug-likeness (QED) is 0.0961. The van der Waals surface area contributed by atoms with Crippen LogP contribution in [-0.2, 0) is 24.6 Å². The standard InChI is InChI=1S/C24H34F6O2.C10H22O2Si/c1-6-17(5)18-8-10-19(11-9-18)22(23(25,26)27,24(28,29)30)32-14-31-21-13-16(4)7-12-20(21)15(2)3;1-7-10(2,3)9(11)12-8-13(4,5)6/h8-11,15-17,20-21H,6-7,12-14H2,1-5H3;7-8H2,1-6H3. The zero-order chi connectivity index (χ0) is 35.0. The Hall–Kier alpha value is -1.59. The van der Waals surface area contributed by atoms with Gasteiger partial charge in [0.25, 0.3) is 5.60 Å². The van der Waals surface area contributed by atoms with Crippen molar-refractivity contribution in [2.24, 2.45) is 23.2 Å². The molecule has 0 saturated heterocycles. The SMILES string of the molecule is CCC(C)(C)C(=O)OC[Si](C)(C)C.CCC(C)c1ccc(C(OCOC2CC(C)CCC2C(C)C)(C(F)(F)F)C(F)(F)F)cc1. The molecular formula is C34H56F6O4Si. The van der Waals surface area contributed by atoms with Crippen LogP contribution in [0.2, 0.25) is 19.6 Å². The maximum absolute atomic E-state index is 14.0. The number of carbonyl (C=O) groups is 1. The largest absolute Gasteiger partial charge is 0.469 e. The molecule has 1 aromatic rings. The molecule has 11 heteroatoms. The van der Waals surface area contributed by atoms with Crippen molar-refractivity contribution in [2.45, 2.75) is 137 Å². The van der Waals surface area contributed by atoms with E-state index in [9.17, 15) is 31.1 Å². The minimum atomic E-state index is -5.72. The van der Waals surface area contributed by atoms with E-state index in [2.05, 4.69) is 24.4 Å². The van der Waals surface area contributed by atoms with E-state index >= 15 is 0 Å². The molecular weight excluding hydrogens is 614 g/mol. The molecule has 1 aromatic carbocycles. The second kappa shape index (κ2) is 16.5. The highest BCUT2D eigenvalue weighted by Gasteiger charge is 2.73. The molecule has 1 saturated carbocycles. The number of alkyl halides is 6. The third kappa shape index (κ3) is 11.6. The molecule has 0 bridgehead atoms. The molecule has 4 atom stereocenters. The maximum atomic E-state index is 14.0. The number of benzene rings is 1. The first-order chi connectivity index (χ1) is 20.4.